The van der Waals surface area contributed by atoms with Crippen LogP contribution < -0.4 is 5.32 Å². The smallest absolute Gasteiger partial charge is 0.273 e. The van der Waals surface area contributed by atoms with Crippen LogP contribution in [0.25, 0.3) is 10.6 Å². The van der Waals surface area contributed by atoms with Gasteiger partial charge in [0.25, 0.3) is 5.91 Å². The molecule has 1 atom stereocenters. The molecule has 0 aromatic carbocycles. The summed E-state index contributed by atoms with van der Waals surface area (Å²) in [4.78, 5) is 18.8. The minimum absolute atomic E-state index is 0.0240. The van der Waals surface area contributed by atoms with Crippen molar-refractivity contribution in [2.75, 3.05) is 20.1 Å². The number of amides is 1. The Hall–Kier alpha value is -1.66. The molecule has 2 aromatic heterocycles. The average Bonchev–Trinajstić information content (AvgIpc) is 3.17. The fourth-order valence-electron chi connectivity index (χ4n) is 2.45. The van der Waals surface area contributed by atoms with Gasteiger partial charge in [0.15, 0.2) is 0 Å². The Morgan fingerprint density at radius 2 is 2.50 bits per heavy atom. The number of hydrogen-bond acceptors (Lipinski definition) is 5. The minimum atomic E-state index is 0.0240. The molecule has 1 unspecified atom stereocenters. The molecule has 0 radical (unpaired) electrons. The summed E-state index contributed by atoms with van der Waals surface area (Å²) >= 11 is 1.47. The highest BCUT2D eigenvalue weighted by atomic mass is 32.1. The predicted octanol–water partition coefficient (Wildman–Crippen LogP) is 2.23. The highest BCUT2D eigenvalue weighted by Crippen LogP contribution is 2.25. The highest BCUT2D eigenvalue weighted by molar-refractivity contribution is 7.13. The number of carbonyl (C=O) groups excluding carboxylic acids is 1. The van der Waals surface area contributed by atoms with Crippen LogP contribution in [0.4, 0.5) is 0 Å². The van der Waals surface area contributed by atoms with Crippen molar-refractivity contribution in [3.63, 3.8) is 0 Å². The Kier molecular flexibility index (Phi) is 3.84. The molecule has 6 heteroatoms. The number of furan rings is 1. The maximum Gasteiger partial charge on any atom is 0.273 e. The molecule has 106 valence electrons. The quantitative estimate of drug-likeness (QED) is 0.942. The summed E-state index contributed by atoms with van der Waals surface area (Å²) in [5.41, 5.74) is 1.45. The minimum Gasteiger partial charge on any atom is -0.472 e. The van der Waals surface area contributed by atoms with E-state index in [-0.39, 0.29) is 5.91 Å². The second-order valence-corrected chi connectivity index (χ2v) is 5.79. The lowest BCUT2D eigenvalue weighted by molar-refractivity contribution is 0.0693. The molecule has 2 aromatic rings. The zero-order valence-corrected chi connectivity index (χ0v) is 12.2. The van der Waals surface area contributed by atoms with Crippen LogP contribution in [0.5, 0.6) is 0 Å². The molecule has 3 rings (SSSR count). The number of nitrogens with one attached hydrogen (secondary N) is 1. The molecule has 1 fully saturated rings. The van der Waals surface area contributed by atoms with Gasteiger partial charge < -0.3 is 14.6 Å². The van der Waals surface area contributed by atoms with Crippen LogP contribution in [0.1, 0.15) is 23.3 Å². The number of piperidine rings is 1. The molecule has 1 aliphatic rings. The Balaban J connectivity index is 1.74. The van der Waals surface area contributed by atoms with Crippen molar-refractivity contribution in [3.8, 4) is 10.6 Å². The Morgan fingerprint density at radius 3 is 3.25 bits per heavy atom. The lowest BCUT2D eigenvalue weighted by Gasteiger charge is -2.32. The van der Waals surface area contributed by atoms with Crippen molar-refractivity contribution >= 4 is 17.2 Å². The van der Waals surface area contributed by atoms with E-state index < -0.39 is 0 Å². The molecular formula is C14H17N3O2S. The van der Waals surface area contributed by atoms with Crippen LogP contribution in [0.3, 0.4) is 0 Å². The van der Waals surface area contributed by atoms with Crippen LogP contribution in [-0.2, 0) is 0 Å². The first-order valence-corrected chi connectivity index (χ1v) is 7.60. The van der Waals surface area contributed by atoms with E-state index in [1.165, 1.54) is 11.3 Å². The predicted molar refractivity (Wildman–Crippen MR) is 77.8 cm³/mol. The van der Waals surface area contributed by atoms with Crippen LogP contribution in [0.2, 0.25) is 0 Å². The van der Waals surface area contributed by atoms with E-state index in [1.54, 1.807) is 12.5 Å². The molecule has 0 spiro atoms. The monoisotopic (exact) mass is 291 g/mol. The summed E-state index contributed by atoms with van der Waals surface area (Å²) < 4.78 is 5.05. The van der Waals surface area contributed by atoms with Gasteiger partial charge in [0.05, 0.1) is 6.26 Å². The second-order valence-electron chi connectivity index (χ2n) is 4.93. The van der Waals surface area contributed by atoms with E-state index in [9.17, 15) is 4.79 Å². The van der Waals surface area contributed by atoms with Gasteiger partial charge in [0.1, 0.15) is 17.0 Å². The molecule has 1 N–H and O–H groups in total. The van der Waals surface area contributed by atoms with Gasteiger partial charge in [-0.3, -0.25) is 4.79 Å². The van der Waals surface area contributed by atoms with Gasteiger partial charge in [-0.05, 0) is 26.0 Å². The summed E-state index contributed by atoms with van der Waals surface area (Å²) in [5, 5.41) is 5.89. The van der Waals surface area contributed by atoms with Gasteiger partial charge in [-0.2, -0.15) is 0 Å². The van der Waals surface area contributed by atoms with Crippen molar-refractivity contribution in [2.45, 2.75) is 18.9 Å². The van der Waals surface area contributed by atoms with Crippen LogP contribution in [0, 0.1) is 0 Å². The third kappa shape index (κ3) is 2.62. The lowest BCUT2D eigenvalue weighted by atomic mass is 10.1. The molecule has 0 bridgehead atoms. The fourth-order valence-corrected chi connectivity index (χ4v) is 3.23. The molecule has 1 amide bonds. The molecule has 20 heavy (non-hydrogen) atoms. The number of aromatic nitrogens is 1. The van der Waals surface area contributed by atoms with Gasteiger partial charge >= 0.3 is 0 Å². The average molecular weight is 291 g/mol. The third-order valence-corrected chi connectivity index (χ3v) is 4.50. The maximum atomic E-state index is 12.5. The molecule has 0 saturated carbocycles. The second kappa shape index (κ2) is 5.76. The summed E-state index contributed by atoms with van der Waals surface area (Å²) in [6.45, 7) is 1.57. The van der Waals surface area contributed by atoms with E-state index in [4.69, 9.17) is 4.42 Å². The van der Waals surface area contributed by atoms with Crippen molar-refractivity contribution in [1.82, 2.24) is 15.2 Å². The van der Waals surface area contributed by atoms with Gasteiger partial charge in [-0.15, -0.1) is 11.3 Å². The van der Waals surface area contributed by atoms with Gasteiger partial charge in [0.2, 0.25) is 0 Å². The Labute approximate surface area is 121 Å². The molecule has 5 nitrogen and oxygen atoms in total. The van der Waals surface area contributed by atoms with E-state index in [1.807, 2.05) is 23.4 Å². The Bertz CT molecular complexity index is 579. The van der Waals surface area contributed by atoms with Crippen molar-refractivity contribution < 1.29 is 9.21 Å². The van der Waals surface area contributed by atoms with Crippen LogP contribution in [-0.4, -0.2) is 42.0 Å². The first kappa shape index (κ1) is 13.3. The van der Waals surface area contributed by atoms with Gasteiger partial charge in [-0.25, -0.2) is 4.98 Å². The van der Waals surface area contributed by atoms with Crippen molar-refractivity contribution in [1.29, 1.82) is 0 Å². The highest BCUT2D eigenvalue weighted by Gasteiger charge is 2.25. The number of likely N-dealkylation sites (tertiary alicyclic amines) is 1. The summed E-state index contributed by atoms with van der Waals surface area (Å²) in [6.07, 6.45) is 5.42. The van der Waals surface area contributed by atoms with Crippen molar-refractivity contribution in [2.24, 2.45) is 0 Å². The number of likely N-dealkylation sites (N-methyl/N-ethyl adjacent to an activating group) is 1. The summed E-state index contributed by atoms with van der Waals surface area (Å²) in [5.74, 6) is 0.0240. The zero-order valence-electron chi connectivity index (χ0n) is 11.3. The fraction of sp³-hybridized carbons (Fsp3) is 0.429. The molecule has 0 aliphatic carbocycles. The molecule has 1 saturated heterocycles. The number of nitrogens with zero attached hydrogens (tertiary/aromatic N) is 2. The molecular weight excluding hydrogens is 274 g/mol. The van der Waals surface area contributed by atoms with Gasteiger partial charge in [-0.1, -0.05) is 0 Å². The van der Waals surface area contributed by atoms with Gasteiger partial charge in [0, 0.05) is 30.1 Å². The molecule has 1 aliphatic heterocycles. The number of carbonyl (C=O) groups is 1. The topological polar surface area (TPSA) is 58.4 Å². The summed E-state index contributed by atoms with van der Waals surface area (Å²) in [7, 11) is 1.94. The molecule has 3 heterocycles. The number of hydrogen-bond donors (Lipinski definition) is 1. The SMILES string of the molecule is CNC1CCCN(C(=O)c2csc(-c3ccoc3)n2)C1. The first-order valence-electron chi connectivity index (χ1n) is 6.72. The van der Waals surface area contributed by atoms with Crippen LogP contribution >= 0.6 is 11.3 Å². The number of rotatable bonds is 3. The van der Waals surface area contributed by atoms with E-state index in [0.29, 0.717) is 11.7 Å². The van der Waals surface area contributed by atoms with Crippen molar-refractivity contribution in [3.05, 3.63) is 29.7 Å². The summed E-state index contributed by atoms with van der Waals surface area (Å²) in [6, 6.07) is 2.24. The largest absolute Gasteiger partial charge is 0.472 e. The standard InChI is InChI=1S/C14H17N3O2S/c1-15-11-3-2-5-17(7-11)14(18)12-9-20-13(16-12)10-4-6-19-8-10/h4,6,8-9,11,15H,2-3,5,7H2,1H3. The Morgan fingerprint density at radius 1 is 1.60 bits per heavy atom. The number of thiazole rings is 1. The lowest BCUT2D eigenvalue weighted by Crippen LogP contribution is -2.47. The maximum absolute atomic E-state index is 12.5. The zero-order chi connectivity index (χ0) is 13.9. The van der Waals surface area contributed by atoms with E-state index in [2.05, 4.69) is 10.3 Å². The van der Waals surface area contributed by atoms with E-state index in [0.717, 1.165) is 36.5 Å². The normalized spacial score (nSPS) is 19.2. The third-order valence-electron chi connectivity index (χ3n) is 3.61. The first-order chi connectivity index (χ1) is 9.78. The van der Waals surface area contributed by atoms with Crippen LogP contribution in [0.15, 0.2) is 28.4 Å². The van der Waals surface area contributed by atoms with E-state index >= 15 is 0 Å².